The van der Waals surface area contributed by atoms with Crippen LogP contribution in [0, 0.1) is 0 Å². The van der Waals surface area contributed by atoms with E-state index in [1.807, 2.05) is 30.1 Å². The highest BCUT2D eigenvalue weighted by Gasteiger charge is 2.25. The molecular weight excluding hydrogens is 280 g/mol. The molecule has 2 aliphatic rings. The maximum atomic E-state index is 12.5. The number of ether oxygens (including phenoxy) is 2. The smallest absolute Gasteiger partial charge is 0.237 e. The van der Waals surface area contributed by atoms with E-state index in [-0.39, 0.29) is 12.7 Å². The molecule has 0 aromatic heterocycles. The van der Waals surface area contributed by atoms with Gasteiger partial charge in [-0.2, -0.15) is 0 Å². The Hall–Kier alpha value is -1.75. The van der Waals surface area contributed by atoms with Crippen molar-refractivity contribution in [3.8, 4) is 11.5 Å². The van der Waals surface area contributed by atoms with Crippen molar-refractivity contribution in [2.75, 3.05) is 20.4 Å². The summed E-state index contributed by atoms with van der Waals surface area (Å²) in [5, 5.41) is 2.98. The van der Waals surface area contributed by atoms with E-state index in [4.69, 9.17) is 9.47 Å². The molecule has 22 heavy (non-hydrogen) atoms. The van der Waals surface area contributed by atoms with Gasteiger partial charge in [-0.3, -0.25) is 4.79 Å². The first-order valence-electron chi connectivity index (χ1n) is 8.10. The van der Waals surface area contributed by atoms with Crippen LogP contribution in [0.2, 0.25) is 0 Å². The molecule has 0 spiro atoms. The molecule has 3 rings (SSSR count). The Morgan fingerprint density at radius 3 is 2.77 bits per heavy atom. The number of likely N-dealkylation sites (N-methyl/N-ethyl adjacent to an activating group) is 1. The lowest BCUT2D eigenvalue weighted by atomic mass is 9.93. The lowest BCUT2D eigenvalue weighted by Crippen LogP contribution is -2.44. The maximum Gasteiger partial charge on any atom is 0.237 e. The quantitative estimate of drug-likeness (QED) is 0.907. The number of amides is 1. The molecule has 1 aliphatic carbocycles. The Labute approximate surface area is 131 Å². The molecule has 1 amide bonds. The fourth-order valence-electron chi connectivity index (χ4n) is 3.30. The van der Waals surface area contributed by atoms with Crippen molar-refractivity contribution in [3.63, 3.8) is 0 Å². The van der Waals surface area contributed by atoms with Crippen LogP contribution in [-0.2, 0) is 11.3 Å². The van der Waals surface area contributed by atoms with Gasteiger partial charge in [-0.1, -0.05) is 25.3 Å². The number of hydrogen-bond donors (Lipinski definition) is 1. The summed E-state index contributed by atoms with van der Waals surface area (Å²) in [6.07, 6.45) is 5.94. The van der Waals surface area contributed by atoms with Gasteiger partial charge in [0, 0.05) is 12.6 Å². The third kappa shape index (κ3) is 3.35. The maximum absolute atomic E-state index is 12.5. The topological polar surface area (TPSA) is 50.8 Å². The Bertz CT molecular complexity index is 527. The number of carbonyl (C=O) groups excluding carboxylic acids is 1. The highest BCUT2D eigenvalue weighted by Crippen LogP contribution is 2.33. The summed E-state index contributed by atoms with van der Waals surface area (Å²) in [5.41, 5.74) is 1.10. The predicted molar refractivity (Wildman–Crippen MR) is 83.9 cm³/mol. The molecule has 1 aliphatic heterocycles. The second kappa shape index (κ2) is 7.01. The summed E-state index contributed by atoms with van der Waals surface area (Å²) in [5.74, 6) is 1.74. The normalized spacial score (nSPS) is 17.5. The summed E-state index contributed by atoms with van der Waals surface area (Å²) in [7, 11) is 1.82. The molecule has 1 aromatic carbocycles. The van der Waals surface area contributed by atoms with Gasteiger partial charge >= 0.3 is 0 Å². The van der Waals surface area contributed by atoms with Gasteiger partial charge in [0.05, 0.1) is 6.54 Å². The van der Waals surface area contributed by atoms with Crippen molar-refractivity contribution in [2.24, 2.45) is 0 Å². The standard InChI is InChI=1S/C17H24N2O3/c1-18-10-17(20)19(14-5-3-2-4-6-14)11-13-7-8-15-16(9-13)22-12-21-15/h7-9,14,18H,2-6,10-12H2,1H3. The average Bonchev–Trinajstić information content (AvgIpc) is 3.01. The Morgan fingerprint density at radius 2 is 2.00 bits per heavy atom. The minimum atomic E-state index is 0.173. The van der Waals surface area contributed by atoms with Crippen LogP contribution in [0.25, 0.3) is 0 Å². The van der Waals surface area contributed by atoms with Gasteiger partial charge in [0.2, 0.25) is 12.7 Å². The third-order valence-corrected chi connectivity index (χ3v) is 4.45. The van der Waals surface area contributed by atoms with Crippen LogP contribution in [0.5, 0.6) is 11.5 Å². The molecule has 1 aromatic rings. The van der Waals surface area contributed by atoms with Crippen molar-refractivity contribution in [2.45, 2.75) is 44.7 Å². The van der Waals surface area contributed by atoms with E-state index in [0.717, 1.165) is 29.9 Å². The second-order valence-corrected chi connectivity index (χ2v) is 6.03. The van der Waals surface area contributed by atoms with Crippen LogP contribution in [0.1, 0.15) is 37.7 Å². The number of benzene rings is 1. The van der Waals surface area contributed by atoms with Crippen LogP contribution in [-0.4, -0.2) is 37.2 Å². The summed E-state index contributed by atoms with van der Waals surface area (Å²) >= 11 is 0. The molecule has 0 radical (unpaired) electrons. The van der Waals surface area contributed by atoms with E-state index in [9.17, 15) is 4.79 Å². The molecule has 120 valence electrons. The van der Waals surface area contributed by atoms with Gasteiger partial charge in [-0.15, -0.1) is 0 Å². The van der Waals surface area contributed by atoms with Crippen LogP contribution in [0.3, 0.4) is 0 Å². The van der Waals surface area contributed by atoms with E-state index in [0.29, 0.717) is 19.1 Å². The minimum absolute atomic E-state index is 0.173. The van der Waals surface area contributed by atoms with Gasteiger partial charge in [-0.25, -0.2) is 0 Å². The zero-order valence-electron chi connectivity index (χ0n) is 13.1. The van der Waals surface area contributed by atoms with Crippen LogP contribution in [0.15, 0.2) is 18.2 Å². The fraction of sp³-hybridized carbons (Fsp3) is 0.588. The fourth-order valence-corrected chi connectivity index (χ4v) is 3.30. The highest BCUT2D eigenvalue weighted by atomic mass is 16.7. The van der Waals surface area contributed by atoms with Crippen LogP contribution >= 0.6 is 0 Å². The SMILES string of the molecule is CNCC(=O)N(Cc1ccc2c(c1)OCO2)C1CCCCC1. The van der Waals surface area contributed by atoms with Crippen molar-refractivity contribution < 1.29 is 14.3 Å². The summed E-state index contributed by atoms with van der Waals surface area (Å²) in [6.45, 7) is 1.31. The number of fused-ring (bicyclic) bond motifs is 1. The van der Waals surface area contributed by atoms with Crippen LogP contribution < -0.4 is 14.8 Å². The molecule has 0 bridgehead atoms. The van der Waals surface area contributed by atoms with Gasteiger partial charge in [0.15, 0.2) is 11.5 Å². The van der Waals surface area contributed by atoms with E-state index in [2.05, 4.69) is 5.32 Å². The molecule has 1 N–H and O–H groups in total. The first-order chi connectivity index (χ1) is 10.8. The first-order valence-corrected chi connectivity index (χ1v) is 8.10. The number of rotatable bonds is 5. The lowest BCUT2D eigenvalue weighted by molar-refractivity contribution is -0.133. The Morgan fingerprint density at radius 1 is 1.23 bits per heavy atom. The van der Waals surface area contributed by atoms with E-state index < -0.39 is 0 Å². The molecule has 1 saturated carbocycles. The molecule has 1 heterocycles. The van der Waals surface area contributed by atoms with Crippen molar-refractivity contribution in [1.82, 2.24) is 10.2 Å². The largest absolute Gasteiger partial charge is 0.454 e. The van der Waals surface area contributed by atoms with Crippen molar-refractivity contribution >= 4 is 5.91 Å². The molecule has 5 heteroatoms. The molecule has 1 fully saturated rings. The molecular formula is C17H24N2O3. The van der Waals surface area contributed by atoms with Crippen molar-refractivity contribution in [3.05, 3.63) is 23.8 Å². The van der Waals surface area contributed by atoms with E-state index >= 15 is 0 Å². The molecule has 0 unspecified atom stereocenters. The molecule has 0 atom stereocenters. The van der Waals surface area contributed by atoms with Crippen molar-refractivity contribution in [1.29, 1.82) is 0 Å². The molecule has 5 nitrogen and oxygen atoms in total. The Balaban J connectivity index is 1.75. The minimum Gasteiger partial charge on any atom is -0.454 e. The number of carbonyl (C=O) groups is 1. The van der Waals surface area contributed by atoms with Gasteiger partial charge in [0.25, 0.3) is 0 Å². The summed E-state index contributed by atoms with van der Waals surface area (Å²) < 4.78 is 10.8. The second-order valence-electron chi connectivity index (χ2n) is 6.03. The van der Waals surface area contributed by atoms with Gasteiger partial charge in [-0.05, 0) is 37.6 Å². The number of nitrogens with one attached hydrogen (secondary N) is 1. The molecule has 0 saturated heterocycles. The lowest BCUT2D eigenvalue weighted by Gasteiger charge is -2.34. The third-order valence-electron chi connectivity index (χ3n) is 4.45. The number of hydrogen-bond acceptors (Lipinski definition) is 4. The number of nitrogens with zero attached hydrogens (tertiary/aromatic N) is 1. The highest BCUT2D eigenvalue weighted by molar-refractivity contribution is 5.78. The van der Waals surface area contributed by atoms with Crippen LogP contribution in [0.4, 0.5) is 0 Å². The zero-order chi connectivity index (χ0) is 15.4. The Kier molecular flexibility index (Phi) is 4.83. The monoisotopic (exact) mass is 304 g/mol. The van der Waals surface area contributed by atoms with Gasteiger partial charge in [0.1, 0.15) is 0 Å². The summed E-state index contributed by atoms with van der Waals surface area (Å²) in [6, 6.07) is 6.31. The first kappa shape index (κ1) is 15.2. The average molecular weight is 304 g/mol. The predicted octanol–water partition coefficient (Wildman–Crippen LogP) is 2.30. The zero-order valence-corrected chi connectivity index (χ0v) is 13.1. The van der Waals surface area contributed by atoms with Gasteiger partial charge < -0.3 is 19.7 Å². The van der Waals surface area contributed by atoms with E-state index in [1.165, 1.54) is 19.3 Å². The van der Waals surface area contributed by atoms with E-state index in [1.54, 1.807) is 0 Å². The summed E-state index contributed by atoms with van der Waals surface area (Å²) in [4.78, 5) is 14.5.